The average molecular weight is 289 g/mol. The summed E-state index contributed by atoms with van der Waals surface area (Å²) in [6.45, 7) is 0. The summed E-state index contributed by atoms with van der Waals surface area (Å²) in [6.07, 6.45) is 5.11. The lowest BCUT2D eigenvalue weighted by molar-refractivity contribution is 0.102. The van der Waals surface area contributed by atoms with Crippen molar-refractivity contribution in [3.8, 4) is 0 Å². The number of halogens is 2. The molecule has 1 fully saturated rings. The van der Waals surface area contributed by atoms with Gasteiger partial charge in [0.25, 0.3) is 0 Å². The van der Waals surface area contributed by atoms with Gasteiger partial charge >= 0.3 is 0 Å². The van der Waals surface area contributed by atoms with Crippen LogP contribution < -0.4 is 0 Å². The predicted octanol–water partition coefficient (Wildman–Crippen LogP) is 4.85. The minimum atomic E-state index is 0.139. The molecule has 0 unspecified atom stereocenters. The van der Waals surface area contributed by atoms with Gasteiger partial charge in [-0.1, -0.05) is 36.0 Å². The second-order valence-electron chi connectivity index (χ2n) is 4.27. The van der Waals surface area contributed by atoms with Crippen molar-refractivity contribution in [2.24, 2.45) is 0 Å². The molecule has 0 radical (unpaired) electrons. The molecule has 1 aromatic carbocycles. The van der Waals surface area contributed by atoms with Gasteiger partial charge in [0, 0.05) is 10.8 Å². The van der Waals surface area contributed by atoms with Gasteiger partial charge in [-0.05, 0) is 31.0 Å². The standard InChI is InChI=1S/C13H14Cl2OS/c14-11-6-5-9(7-12(11)15)13(16)8-17-10-3-1-2-4-10/h5-7,10H,1-4,8H2. The van der Waals surface area contributed by atoms with Crippen LogP contribution in [0.1, 0.15) is 36.0 Å². The third kappa shape index (κ3) is 3.64. The third-order valence-corrected chi connectivity index (χ3v) is 5.10. The summed E-state index contributed by atoms with van der Waals surface area (Å²) in [7, 11) is 0. The lowest BCUT2D eigenvalue weighted by Gasteiger charge is -2.08. The Kier molecular flexibility index (Phi) is 4.78. The van der Waals surface area contributed by atoms with Crippen LogP contribution in [0.4, 0.5) is 0 Å². The Hall–Kier alpha value is -0.180. The molecule has 0 aromatic heterocycles. The Labute approximate surface area is 116 Å². The SMILES string of the molecule is O=C(CSC1CCCC1)c1ccc(Cl)c(Cl)c1. The average Bonchev–Trinajstić information content (AvgIpc) is 2.82. The minimum absolute atomic E-state index is 0.139. The van der Waals surface area contributed by atoms with E-state index in [1.807, 2.05) is 0 Å². The molecule has 0 heterocycles. The fourth-order valence-electron chi connectivity index (χ4n) is 2.00. The summed E-state index contributed by atoms with van der Waals surface area (Å²) in [6, 6.07) is 5.07. The topological polar surface area (TPSA) is 17.1 Å². The van der Waals surface area contributed by atoms with Crippen LogP contribution in [0, 0.1) is 0 Å². The van der Waals surface area contributed by atoms with E-state index in [-0.39, 0.29) is 5.78 Å². The lowest BCUT2D eigenvalue weighted by atomic mass is 10.1. The smallest absolute Gasteiger partial charge is 0.172 e. The van der Waals surface area contributed by atoms with E-state index in [9.17, 15) is 4.79 Å². The second kappa shape index (κ2) is 6.12. The first-order chi connectivity index (χ1) is 8.16. The normalized spacial score (nSPS) is 16.4. The van der Waals surface area contributed by atoms with Crippen LogP contribution in [-0.4, -0.2) is 16.8 Å². The summed E-state index contributed by atoms with van der Waals surface area (Å²) in [4.78, 5) is 11.9. The van der Waals surface area contributed by atoms with E-state index in [2.05, 4.69) is 0 Å². The Bertz CT molecular complexity index is 414. The van der Waals surface area contributed by atoms with Gasteiger partial charge in [-0.25, -0.2) is 0 Å². The molecule has 1 aromatic rings. The Morgan fingerprint density at radius 3 is 2.59 bits per heavy atom. The monoisotopic (exact) mass is 288 g/mol. The number of hydrogen-bond donors (Lipinski definition) is 0. The Balaban J connectivity index is 1.92. The van der Waals surface area contributed by atoms with Crippen LogP contribution in [-0.2, 0) is 0 Å². The first-order valence-corrected chi connectivity index (χ1v) is 7.57. The maximum absolute atomic E-state index is 11.9. The van der Waals surface area contributed by atoms with E-state index >= 15 is 0 Å². The number of hydrogen-bond acceptors (Lipinski definition) is 2. The van der Waals surface area contributed by atoms with Gasteiger partial charge in [0.2, 0.25) is 0 Å². The number of Topliss-reactive ketones (excluding diaryl/α,β-unsaturated/α-hetero) is 1. The number of thioether (sulfide) groups is 1. The van der Waals surface area contributed by atoms with Crippen LogP contribution in [0.5, 0.6) is 0 Å². The predicted molar refractivity (Wildman–Crippen MR) is 75.5 cm³/mol. The van der Waals surface area contributed by atoms with Gasteiger partial charge < -0.3 is 0 Å². The first kappa shape index (κ1) is 13.3. The molecule has 0 N–H and O–H groups in total. The van der Waals surface area contributed by atoms with Gasteiger partial charge in [0.15, 0.2) is 5.78 Å². The van der Waals surface area contributed by atoms with Crippen LogP contribution >= 0.6 is 35.0 Å². The van der Waals surface area contributed by atoms with Crippen molar-refractivity contribution in [2.75, 3.05) is 5.75 Å². The molecule has 0 saturated heterocycles. The van der Waals surface area contributed by atoms with Crippen molar-refractivity contribution in [1.29, 1.82) is 0 Å². The number of carbonyl (C=O) groups excluding carboxylic acids is 1. The molecule has 0 amide bonds. The van der Waals surface area contributed by atoms with Gasteiger partial charge in [-0.2, -0.15) is 11.8 Å². The van der Waals surface area contributed by atoms with E-state index in [4.69, 9.17) is 23.2 Å². The zero-order chi connectivity index (χ0) is 12.3. The van der Waals surface area contributed by atoms with E-state index in [0.29, 0.717) is 26.6 Å². The molecule has 1 aliphatic carbocycles. The highest BCUT2D eigenvalue weighted by Crippen LogP contribution is 2.30. The molecule has 17 heavy (non-hydrogen) atoms. The van der Waals surface area contributed by atoms with Crippen LogP contribution in [0.2, 0.25) is 10.0 Å². The van der Waals surface area contributed by atoms with Gasteiger partial charge in [-0.15, -0.1) is 0 Å². The number of carbonyl (C=O) groups is 1. The van der Waals surface area contributed by atoms with Gasteiger partial charge in [0.1, 0.15) is 0 Å². The van der Waals surface area contributed by atoms with Crippen LogP contribution in [0.3, 0.4) is 0 Å². The molecule has 2 rings (SSSR count). The molecule has 1 saturated carbocycles. The molecular weight excluding hydrogens is 275 g/mol. The number of ketones is 1. The lowest BCUT2D eigenvalue weighted by Crippen LogP contribution is -2.06. The number of benzene rings is 1. The molecule has 0 atom stereocenters. The number of rotatable bonds is 4. The highest BCUT2D eigenvalue weighted by molar-refractivity contribution is 8.00. The summed E-state index contributed by atoms with van der Waals surface area (Å²) in [5.41, 5.74) is 0.657. The summed E-state index contributed by atoms with van der Waals surface area (Å²) in [5, 5.41) is 1.61. The Morgan fingerprint density at radius 1 is 1.24 bits per heavy atom. The van der Waals surface area contributed by atoms with Crippen LogP contribution in [0.25, 0.3) is 0 Å². The van der Waals surface area contributed by atoms with Crippen LogP contribution in [0.15, 0.2) is 18.2 Å². The van der Waals surface area contributed by atoms with Crippen molar-refractivity contribution >= 4 is 40.7 Å². The van der Waals surface area contributed by atoms with Crippen molar-refractivity contribution < 1.29 is 4.79 Å². The summed E-state index contributed by atoms with van der Waals surface area (Å²) in [5.74, 6) is 0.684. The maximum Gasteiger partial charge on any atom is 0.172 e. The van der Waals surface area contributed by atoms with E-state index < -0.39 is 0 Å². The zero-order valence-corrected chi connectivity index (χ0v) is 11.7. The highest BCUT2D eigenvalue weighted by Gasteiger charge is 2.17. The molecule has 0 spiro atoms. The van der Waals surface area contributed by atoms with E-state index in [1.54, 1.807) is 30.0 Å². The van der Waals surface area contributed by atoms with Crippen molar-refractivity contribution in [1.82, 2.24) is 0 Å². The fraction of sp³-hybridized carbons (Fsp3) is 0.462. The molecule has 0 bridgehead atoms. The molecule has 4 heteroatoms. The molecule has 92 valence electrons. The Morgan fingerprint density at radius 2 is 1.94 bits per heavy atom. The van der Waals surface area contributed by atoms with Gasteiger partial charge in [-0.3, -0.25) is 4.79 Å². The molecule has 1 nitrogen and oxygen atoms in total. The zero-order valence-electron chi connectivity index (χ0n) is 9.42. The van der Waals surface area contributed by atoms with Gasteiger partial charge in [0.05, 0.1) is 15.8 Å². The van der Waals surface area contributed by atoms with E-state index in [0.717, 1.165) is 0 Å². The fourth-order valence-corrected chi connectivity index (χ4v) is 3.52. The van der Waals surface area contributed by atoms with E-state index in [1.165, 1.54) is 25.7 Å². The molecular formula is C13H14Cl2OS. The first-order valence-electron chi connectivity index (χ1n) is 5.76. The summed E-state index contributed by atoms with van der Waals surface area (Å²) < 4.78 is 0. The van der Waals surface area contributed by atoms with Crippen molar-refractivity contribution in [2.45, 2.75) is 30.9 Å². The van der Waals surface area contributed by atoms with Crippen molar-refractivity contribution in [3.05, 3.63) is 33.8 Å². The maximum atomic E-state index is 11.9. The third-order valence-electron chi connectivity index (χ3n) is 2.99. The summed E-state index contributed by atoms with van der Waals surface area (Å²) >= 11 is 13.5. The second-order valence-corrected chi connectivity index (χ2v) is 6.37. The van der Waals surface area contributed by atoms with Crippen molar-refractivity contribution in [3.63, 3.8) is 0 Å². The molecule has 0 aliphatic heterocycles. The largest absolute Gasteiger partial charge is 0.293 e. The molecule has 1 aliphatic rings. The quantitative estimate of drug-likeness (QED) is 0.737. The minimum Gasteiger partial charge on any atom is -0.293 e. The highest BCUT2D eigenvalue weighted by atomic mass is 35.5.